The van der Waals surface area contributed by atoms with Crippen LogP contribution < -0.4 is 10.1 Å². The maximum atomic E-state index is 6.09. The lowest BCUT2D eigenvalue weighted by Crippen LogP contribution is -2.09. The Bertz CT molecular complexity index is 590. The van der Waals surface area contributed by atoms with E-state index in [1.807, 2.05) is 7.05 Å². The normalized spacial score (nSPS) is 10.6. The van der Waals surface area contributed by atoms with Crippen LogP contribution in [0.4, 0.5) is 0 Å². The van der Waals surface area contributed by atoms with E-state index in [1.165, 1.54) is 27.8 Å². The van der Waals surface area contributed by atoms with E-state index in [4.69, 9.17) is 4.74 Å². The van der Waals surface area contributed by atoms with E-state index in [0.29, 0.717) is 6.61 Å². The Kier molecular flexibility index (Phi) is 4.80. The van der Waals surface area contributed by atoms with Crippen LogP contribution in [-0.2, 0) is 13.2 Å². The first-order valence-electron chi connectivity index (χ1n) is 7.04. The second kappa shape index (κ2) is 6.58. The molecule has 2 nitrogen and oxygen atoms in total. The van der Waals surface area contributed by atoms with Gasteiger partial charge in [-0.1, -0.05) is 36.4 Å². The summed E-state index contributed by atoms with van der Waals surface area (Å²) in [5.41, 5.74) is 6.23. The number of ether oxygens (including phenoxy) is 1. The highest BCUT2D eigenvalue weighted by molar-refractivity contribution is 5.44. The highest BCUT2D eigenvalue weighted by Gasteiger charge is 2.08. The Hall–Kier alpha value is -1.80. The molecule has 0 heterocycles. The molecule has 0 aliphatic rings. The molecule has 0 amide bonds. The van der Waals surface area contributed by atoms with E-state index in [0.717, 1.165) is 12.3 Å². The Morgan fingerprint density at radius 2 is 1.55 bits per heavy atom. The van der Waals surface area contributed by atoms with E-state index >= 15 is 0 Å². The van der Waals surface area contributed by atoms with Gasteiger partial charge in [0.05, 0.1) is 0 Å². The van der Waals surface area contributed by atoms with E-state index in [-0.39, 0.29) is 0 Å². The van der Waals surface area contributed by atoms with E-state index in [2.05, 4.69) is 62.5 Å². The van der Waals surface area contributed by atoms with Gasteiger partial charge in [0.1, 0.15) is 12.4 Å². The van der Waals surface area contributed by atoms with Crippen molar-refractivity contribution < 1.29 is 4.74 Å². The summed E-state index contributed by atoms with van der Waals surface area (Å²) in [6.07, 6.45) is 0. The first-order chi connectivity index (χ1) is 9.63. The molecule has 0 aromatic heterocycles. The molecular formula is C18H23NO. The van der Waals surface area contributed by atoms with Gasteiger partial charge in [0.15, 0.2) is 0 Å². The molecule has 0 saturated carbocycles. The number of nitrogens with one attached hydrogen (secondary N) is 1. The van der Waals surface area contributed by atoms with Crippen molar-refractivity contribution in [1.82, 2.24) is 5.32 Å². The molecule has 1 N–H and O–H groups in total. The van der Waals surface area contributed by atoms with Crippen molar-refractivity contribution in [3.8, 4) is 5.75 Å². The highest BCUT2D eigenvalue weighted by Crippen LogP contribution is 2.26. The minimum atomic E-state index is 0.614. The molecule has 0 aliphatic heterocycles. The first-order valence-corrected chi connectivity index (χ1v) is 7.04. The van der Waals surface area contributed by atoms with Crippen LogP contribution in [0.5, 0.6) is 5.75 Å². The lowest BCUT2D eigenvalue weighted by molar-refractivity contribution is 0.300. The van der Waals surface area contributed by atoms with Crippen LogP contribution >= 0.6 is 0 Å². The summed E-state index contributed by atoms with van der Waals surface area (Å²) in [6, 6.07) is 12.7. The van der Waals surface area contributed by atoms with Gasteiger partial charge >= 0.3 is 0 Å². The summed E-state index contributed by atoms with van der Waals surface area (Å²) in [5.74, 6) is 1.02. The molecular weight excluding hydrogens is 246 g/mol. The van der Waals surface area contributed by atoms with Crippen LogP contribution in [0, 0.1) is 20.8 Å². The first kappa shape index (κ1) is 14.6. The number of benzene rings is 2. The zero-order chi connectivity index (χ0) is 14.5. The lowest BCUT2D eigenvalue weighted by atomic mass is 10.0. The molecule has 20 heavy (non-hydrogen) atoms. The van der Waals surface area contributed by atoms with Crippen molar-refractivity contribution in [3.63, 3.8) is 0 Å². The van der Waals surface area contributed by atoms with E-state index in [9.17, 15) is 0 Å². The third kappa shape index (κ3) is 3.20. The summed E-state index contributed by atoms with van der Waals surface area (Å²) >= 11 is 0. The van der Waals surface area contributed by atoms with Gasteiger partial charge in [-0.15, -0.1) is 0 Å². The van der Waals surface area contributed by atoms with Gasteiger partial charge in [0.2, 0.25) is 0 Å². The molecule has 0 aliphatic carbocycles. The van der Waals surface area contributed by atoms with Gasteiger partial charge in [-0.3, -0.25) is 0 Å². The second-order valence-corrected chi connectivity index (χ2v) is 5.24. The van der Waals surface area contributed by atoms with Crippen LogP contribution in [0.25, 0.3) is 0 Å². The van der Waals surface area contributed by atoms with E-state index < -0.39 is 0 Å². The van der Waals surface area contributed by atoms with Crippen LogP contribution in [0.3, 0.4) is 0 Å². The molecule has 2 aromatic rings. The van der Waals surface area contributed by atoms with Gasteiger partial charge in [0, 0.05) is 6.54 Å². The second-order valence-electron chi connectivity index (χ2n) is 5.24. The lowest BCUT2D eigenvalue weighted by Gasteiger charge is -2.15. The Labute approximate surface area is 121 Å². The van der Waals surface area contributed by atoms with Gasteiger partial charge in [-0.2, -0.15) is 0 Å². The van der Waals surface area contributed by atoms with Gasteiger partial charge in [0.25, 0.3) is 0 Å². The van der Waals surface area contributed by atoms with Crippen molar-refractivity contribution in [2.45, 2.75) is 33.9 Å². The topological polar surface area (TPSA) is 21.3 Å². The minimum absolute atomic E-state index is 0.614. The minimum Gasteiger partial charge on any atom is -0.488 e. The number of hydrogen-bond acceptors (Lipinski definition) is 2. The number of aryl methyl sites for hydroxylation is 2. The number of rotatable bonds is 5. The Balaban J connectivity index is 2.19. The predicted octanol–water partition coefficient (Wildman–Crippen LogP) is 3.91. The van der Waals surface area contributed by atoms with Crippen molar-refractivity contribution in [2.75, 3.05) is 7.05 Å². The molecule has 0 spiro atoms. The van der Waals surface area contributed by atoms with Crippen LogP contribution in [0.15, 0.2) is 36.4 Å². The van der Waals surface area contributed by atoms with Crippen molar-refractivity contribution in [3.05, 3.63) is 64.2 Å². The fourth-order valence-corrected chi connectivity index (χ4v) is 2.36. The molecule has 0 bridgehead atoms. The third-order valence-electron chi connectivity index (χ3n) is 3.73. The van der Waals surface area contributed by atoms with Crippen molar-refractivity contribution >= 4 is 0 Å². The zero-order valence-electron chi connectivity index (χ0n) is 12.8. The molecule has 0 unspecified atom stereocenters. The van der Waals surface area contributed by atoms with Crippen LogP contribution in [0.1, 0.15) is 27.8 Å². The molecule has 0 atom stereocenters. The summed E-state index contributed by atoms with van der Waals surface area (Å²) in [4.78, 5) is 0. The maximum absolute atomic E-state index is 6.09. The predicted molar refractivity (Wildman–Crippen MR) is 84.2 cm³/mol. The van der Waals surface area contributed by atoms with E-state index in [1.54, 1.807) is 0 Å². The molecule has 2 aromatic carbocycles. The monoisotopic (exact) mass is 269 g/mol. The van der Waals surface area contributed by atoms with Crippen LogP contribution in [-0.4, -0.2) is 7.05 Å². The molecule has 0 fully saturated rings. The maximum Gasteiger partial charge on any atom is 0.125 e. The SMILES string of the molecule is CNCc1ccccc1COc1c(C)ccc(C)c1C. The average molecular weight is 269 g/mol. The van der Waals surface area contributed by atoms with Crippen molar-refractivity contribution in [2.24, 2.45) is 0 Å². The van der Waals surface area contributed by atoms with Crippen LogP contribution in [0.2, 0.25) is 0 Å². The summed E-state index contributed by atoms with van der Waals surface area (Å²) in [5, 5.41) is 3.20. The zero-order valence-corrected chi connectivity index (χ0v) is 12.8. The van der Waals surface area contributed by atoms with Gasteiger partial charge < -0.3 is 10.1 Å². The third-order valence-corrected chi connectivity index (χ3v) is 3.73. The smallest absolute Gasteiger partial charge is 0.125 e. The summed E-state index contributed by atoms with van der Waals surface area (Å²) < 4.78 is 6.09. The Morgan fingerprint density at radius 3 is 2.25 bits per heavy atom. The summed E-state index contributed by atoms with van der Waals surface area (Å²) in [7, 11) is 1.96. The number of hydrogen-bond donors (Lipinski definition) is 1. The molecule has 2 heteroatoms. The average Bonchev–Trinajstić information content (AvgIpc) is 2.45. The largest absolute Gasteiger partial charge is 0.488 e. The van der Waals surface area contributed by atoms with Gasteiger partial charge in [-0.05, 0) is 55.6 Å². The molecule has 0 saturated heterocycles. The van der Waals surface area contributed by atoms with Gasteiger partial charge in [-0.25, -0.2) is 0 Å². The highest BCUT2D eigenvalue weighted by atomic mass is 16.5. The molecule has 0 radical (unpaired) electrons. The van der Waals surface area contributed by atoms with Crippen molar-refractivity contribution in [1.29, 1.82) is 0 Å². The fraction of sp³-hybridized carbons (Fsp3) is 0.333. The molecule has 106 valence electrons. The fourth-order valence-electron chi connectivity index (χ4n) is 2.36. The Morgan fingerprint density at radius 1 is 0.900 bits per heavy atom. The quantitative estimate of drug-likeness (QED) is 0.888. The summed E-state index contributed by atoms with van der Waals surface area (Å²) in [6.45, 7) is 7.82. The molecule has 2 rings (SSSR count). The standard InChI is InChI=1S/C18H23NO/c1-13-9-10-14(2)18(15(13)3)20-12-17-8-6-5-7-16(17)11-19-4/h5-10,19H,11-12H2,1-4H3.